The predicted octanol–water partition coefficient (Wildman–Crippen LogP) is 4.12. The molecule has 2 aromatic carbocycles. The van der Waals surface area contributed by atoms with E-state index in [0.29, 0.717) is 58.5 Å². The highest BCUT2D eigenvalue weighted by atomic mass is 16.5. The Morgan fingerprint density at radius 2 is 0.969 bits per heavy atom. The van der Waals surface area contributed by atoms with Crippen molar-refractivity contribution in [2.24, 2.45) is 0 Å². The first kappa shape index (κ1) is 23.2. The normalized spacial score (nSPS) is 14.8. The van der Waals surface area contributed by atoms with Gasteiger partial charge >= 0.3 is 0 Å². The summed E-state index contributed by atoms with van der Waals surface area (Å²) in [5.41, 5.74) is 0.827. The van der Waals surface area contributed by atoms with Gasteiger partial charge in [-0.15, -0.1) is 0 Å². The number of ketones is 2. The smallest absolute Gasteiger partial charge is 0.166 e. The molecule has 0 fully saturated rings. The molecule has 4 aliphatic rings. The average molecular weight is 444 g/mol. The summed E-state index contributed by atoms with van der Waals surface area (Å²) < 4.78 is 33.3. The monoisotopic (exact) mass is 444 g/mol. The van der Waals surface area contributed by atoms with E-state index >= 15 is 0 Å². The predicted molar refractivity (Wildman–Crippen MR) is 117 cm³/mol. The lowest BCUT2D eigenvalue weighted by Crippen LogP contribution is -2.10. The highest BCUT2D eigenvalue weighted by Gasteiger charge is 2.21. The molecule has 0 atom stereocenters. The van der Waals surface area contributed by atoms with E-state index in [2.05, 4.69) is 0 Å². The van der Waals surface area contributed by atoms with Crippen LogP contribution in [0.5, 0.6) is 34.5 Å². The molecule has 0 saturated carbocycles. The summed E-state index contributed by atoms with van der Waals surface area (Å²) in [6.07, 6.45) is 1.43. The first-order chi connectivity index (χ1) is 15.5. The van der Waals surface area contributed by atoms with Crippen molar-refractivity contribution in [3.63, 3.8) is 0 Å². The fourth-order valence-electron chi connectivity index (χ4n) is 3.50. The van der Waals surface area contributed by atoms with Gasteiger partial charge in [0.05, 0.1) is 52.8 Å². The zero-order valence-electron chi connectivity index (χ0n) is 18.8. The van der Waals surface area contributed by atoms with Crippen LogP contribution in [0.1, 0.15) is 46.4 Å². The van der Waals surface area contributed by atoms with Crippen LogP contribution in [0.15, 0.2) is 24.3 Å². The largest absolute Gasteiger partial charge is 0.496 e. The lowest BCUT2D eigenvalue weighted by Gasteiger charge is -2.17. The summed E-state index contributed by atoms with van der Waals surface area (Å²) in [5.74, 6) is 2.38. The van der Waals surface area contributed by atoms with Crippen molar-refractivity contribution >= 4 is 11.6 Å². The number of carbonyl (C=O) groups excluding carboxylic acids is 2. The number of hydrogen-bond donors (Lipinski definition) is 0. The highest BCUT2D eigenvalue weighted by molar-refractivity contribution is 6.00. The van der Waals surface area contributed by atoms with Crippen molar-refractivity contribution in [1.82, 2.24) is 0 Å². The number of hydrogen-bond acceptors (Lipinski definition) is 8. The Kier molecular flexibility index (Phi) is 7.81. The minimum absolute atomic E-state index is 0.0955. The lowest BCUT2D eigenvalue weighted by atomic mass is 10.0. The van der Waals surface area contributed by atoms with Gasteiger partial charge in [-0.1, -0.05) is 0 Å². The molecular formula is C24H28O8. The summed E-state index contributed by atoms with van der Waals surface area (Å²) >= 11 is 0. The van der Waals surface area contributed by atoms with Crippen LogP contribution in [0.2, 0.25) is 0 Å². The van der Waals surface area contributed by atoms with Crippen molar-refractivity contribution in [1.29, 1.82) is 0 Å². The van der Waals surface area contributed by atoms with Gasteiger partial charge in [-0.2, -0.15) is 0 Å². The summed E-state index contributed by atoms with van der Waals surface area (Å²) in [4.78, 5) is 25.7. The van der Waals surface area contributed by atoms with Gasteiger partial charge in [-0.3, -0.25) is 9.59 Å². The molecule has 8 nitrogen and oxygen atoms in total. The van der Waals surface area contributed by atoms with Crippen molar-refractivity contribution in [2.45, 2.75) is 25.7 Å². The zero-order chi connectivity index (χ0) is 23.1. The van der Waals surface area contributed by atoms with Gasteiger partial charge in [-0.05, 0) is 25.0 Å². The average Bonchev–Trinajstić information content (AvgIpc) is 2.82. The third-order valence-corrected chi connectivity index (χ3v) is 5.18. The Hall–Kier alpha value is -3.42. The van der Waals surface area contributed by atoms with E-state index in [1.54, 1.807) is 24.3 Å². The van der Waals surface area contributed by atoms with E-state index in [0.717, 1.165) is 0 Å². The molecule has 0 N–H and O–H groups in total. The summed E-state index contributed by atoms with van der Waals surface area (Å²) in [7, 11) is 6.02. The van der Waals surface area contributed by atoms with E-state index in [1.807, 2.05) is 0 Å². The molecule has 32 heavy (non-hydrogen) atoms. The van der Waals surface area contributed by atoms with E-state index in [-0.39, 0.29) is 37.6 Å². The van der Waals surface area contributed by atoms with E-state index < -0.39 is 0 Å². The molecule has 2 aromatic rings. The number of methoxy groups -OCH3 is 4. The minimum Gasteiger partial charge on any atom is -0.496 e. The molecule has 172 valence electrons. The highest BCUT2D eigenvalue weighted by Crippen LogP contribution is 2.37. The Morgan fingerprint density at radius 1 is 0.594 bits per heavy atom. The van der Waals surface area contributed by atoms with Crippen LogP contribution in [0, 0.1) is 0 Å². The molecular weight excluding hydrogens is 416 g/mol. The second kappa shape index (κ2) is 10.7. The van der Waals surface area contributed by atoms with Gasteiger partial charge in [0.2, 0.25) is 0 Å². The molecule has 4 aliphatic heterocycles. The van der Waals surface area contributed by atoms with Gasteiger partial charge in [-0.25, -0.2) is 0 Å². The number of Topliss-reactive ketones (excluding diaryl/α,β-unsaturated/α-hetero) is 2. The van der Waals surface area contributed by atoms with Crippen LogP contribution in [-0.4, -0.2) is 53.2 Å². The number of benzene rings is 2. The van der Waals surface area contributed by atoms with Crippen LogP contribution in [0.4, 0.5) is 0 Å². The molecule has 0 spiro atoms. The van der Waals surface area contributed by atoms with E-state index in [9.17, 15) is 9.59 Å². The van der Waals surface area contributed by atoms with Crippen molar-refractivity contribution < 1.29 is 38.0 Å². The summed E-state index contributed by atoms with van der Waals surface area (Å²) in [5, 5.41) is 0. The molecule has 6 rings (SSSR count). The maximum Gasteiger partial charge on any atom is 0.166 e. The van der Waals surface area contributed by atoms with Gasteiger partial charge in [0.15, 0.2) is 34.6 Å². The molecule has 4 heterocycles. The van der Waals surface area contributed by atoms with Gasteiger partial charge in [0.1, 0.15) is 11.5 Å². The fourth-order valence-corrected chi connectivity index (χ4v) is 3.50. The molecule has 0 unspecified atom stereocenters. The first-order valence-electron chi connectivity index (χ1n) is 10.4. The van der Waals surface area contributed by atoms with Crippen LogP contribution in [-0.2, 0) is 0 Å². The number of rotatable bonds is 4. The Bertz CT molecular complexity index is 903. The molecule has 8 heteroatoms. The summed E-state index contributed by atoms with van der Waals surface area (Å²) in [6.45, 7) is 0.554. The standard InChI is InChI=1S/C24H28O8/c1-27-19-13-23-21(29-3)11-15(19)17(25)7-5-10-32-24-14-20(28-2)16(12-22(24)30-4)18(26)8-6-9-31-23/h11-14H,5-10H2,1-4H3. The van der Waals surface area contributed by atoms with Gasteiger partial charge < -0.3 is 28.4 Å². The number of ether oxygens (including phenoxy) is 6. The minimum atomic E-state index is -0.0955. The third kappa shape index (κ3) is 5.07. The number of carbonyl (C=O) groups is 2. The summed E-state index contributed by atoms with van der Waals surface area (Å²) in [6, 6.07) is 6.52. The lowest BCUT2D eigenvalue weighted by molar-refractivity contribution is 0.0959. The third-order valence-electron chi connectivity index (χ3n) is 5.18. The Labute approximate surface area is 187 Å². The Morgan fingerprint density at radius 3 is 1.31 bits per heavy atom. The molecule has 0 amide bonds. The first-order valence-corrected chi connectivity index (χ1v) is 10.4. The maximum atomic E-state index is 12.8. The van der Waals surface area contributed by atoms with Gasteiger partial charge in [0.25, 0.3) is 0 Å². The molecule has 0 radical (unpaired) electrons. The van der Waals surface area contributed by atoms with E-state index in [4.69, 9.17) is 28.4 Å². The zero-order valence-corrected chi connectivity index (χ0v) is 18.8. The van der Waals surface area contributed by atoms with Crippen LogP contribution in [0.3, 0.4) is 0 Å². The maximum absolute atomic E-state index is 12.8. The van der Waals surface area contributed by atoms with Crippen molar-refractivity contribution in [3.8, 4) is 34.5 Å². The SMILES string of the molecule is COc1cc2c(OC)cc1OCCCC(=O)c1cc(OC)c(cc1OC)OCCCC2=O. The fraction of sp³-hybridized carbons (Fsp3) is 0.417. The van der Waals surface area contributed by atoms with Crippen molar-refractivity contribution in [2.75, 3.05) is 41.7 Å². The second-order valence-electron chi connectivity index (χ2n) is 7.16. The topological polar surface area (TPSA) is 89.5 Å². The van der Waals surface area contributed by atoms with Crippen LogP contribution < -0.4 is 28.4 Å². The molecule has 0 aromatic heterocycles. The Balaban J connectivity index is 1.94. The van der Waals surface area contributed by atoms with Crippen LogP contribution in [0.25, 0.3) is 0 Å². The molecule has 0 saturated heterocycles. The van der Waals surface area contributed by atoms with Crippen molar-refractivity contribution in [3.05, 3.63) is 35.4 Å². The van der Waals surface area contributed by atoms with Crippen LogP contribution >= 0.6 is 0 Å². The van der Waals surface area contributed by atoms with E-state index in [1.165, 1.54) is 28.4 Å². The molecule has 0 aliphatic carbocycles. The second-order valence-corrected chi connectivity index (χ2v) is 7.16. The van der Waals surface area contributed by atoms with Gasteiger partial charge in [0, 0.05) is 25.0 Å². The quantitative estimate of drug-likeness (QED) is 0.696. The molecule has 4 bridgehead atoms.